The van der Waals surface area contributed by atoms with Crippen molar-refractivity contribution in [3.63, 3.8) is 0 Å². The number of aromatic nitrogens is 2. The number of carbonyl (C=O) groups excluding carboxylic acids is 1. The van der Waals surface area contributed by atoms with E-state index in [0.717, 1.165) is 11.1 Å². The molecule has 1 N–H and O–H groups in total. The van der Waals surface area contributed by atoms with Crippen LogP contribution in [0.4, 0.5) is 5.69 Å². The summed E-state index contributed by atoms with van der Waals surface area (Å²) < 4.78 is 7.31. The number of non-ortho nitro benzene ring substituents is 1. The van der Waals surface area contributed by atoms with E-state index in [-0.39, 0.29) is 18.2 Å². The first-order chi connectivity index (χ1) is 13.0. The number of nitrogens with zero attached hydrogens (tertiary/aromatic N) is 3. The van der Waals surface area contributed by atoms with E-state index in [1.807, 2.05) is 19.3 Å². The molecule has 0 saturated heterocycles. The maximum Gasteiger partial charge on any atom is 0.269 e. The zero-order valence-corrected chi connectivity index (χ0v) is 14.7. The van der Waals surface area contributed by atoms with E-state index in [0.29, 0.717) is 17.9 Å². The quantitative estimate of drug-likeness (QED) is 0.512. The molecule has 8 heteroatoms. The highest BCUT2D eigenvalue weighted by atomic mass is 16.6. The summed E-state index contributed by atoms with van der Waals surface area (Å²) >= 11 is 0. The molecule has 0 unspecified atom stereocenters. The van der Waals surface area contributed by atoms with E-state index in [1.165, 1.54) is 12.1 Å². The Labute approximate surface area is 155 Å². The molecule has 0 radical (unpaired) electrons. The van der Waals surface area contributed by atoms with Crippen LogP contribution in [0.5, 0.6) is 5.75 Å². The topological polar surface area (TPSA) is 99.3 Å². The fourth-order valence-electron chi connectivity index (χ4n) is 2.48. The minimum atomic E-state index is -0.461. The molecule has 0 atom stereocenters. The number of nitro benzene ring substituents is 1. The third kappa shape index (κ3) is 4.91. The monoisotopic (exact) mass is 366 g/mol. The van der Waals surface area contributed by atoms with E-state index < -0.39 is 4.92 Å². The van der Waals surface area contributed by atoms with E-state index in [4.69, 9.17) is 4.74 Å². The van der Waals surface area contributed by atoms with Gasteiger partial charge in [0, 0.05) is 43.0 Å². The lowest BCUT2D eigenvalue weighted by Gasteiger charge is -2.08. The Morgan fingerprint density at radius 2 is 2.00 bits per heavy atom. The van der Waals surface area contributed by atoms with Gasteiger partial charge >= 0.3 is 0 Å². The van der Waals surface area contributed by atoms with E-state index >= 15 is 0 Å². The van der Waals surface area contributed by atoms with Gasteiger partial charge in [0.1, 0.15) is 12.4 Å². The zero-order valence-electron chi connectivity index (χ0n) is 14.7. The first kappa shape index (κ1) is 18.1. The summed E-state index contributed by atoms with van der Waals surface area (Å²) in [4.78, 5) is 22.5. The van der Waals surface area contributed by atoms with Gasteiger partial charge in [-0.05, 0) is 29.8 Å². The van der Waals surface area contributed by atoms with Crippen LogP contribution in [0.3, 0.4) is 0 Å². The van der Waals surface area contributed by atoms with E-state index in [2.05, 4.69) is 10.4 Å². The van der Waals surface area contributed by atoms with Gasteiger partial charge in [-0.3, -0.25) is 19.6 Å². The summed E-state index contributed by atoms with van der Waals surface area (Å²) in [5, 5.41) is 17.6. The van der Waals surface area contributed by atoms with Gasteiger partial charge in [0.15, 0.2) is 0 Å². The fourth-order valence-corrected chi connectivity index (χ4v) is 2.48. The molecule has 3 aromatic rings. The van der Waals surface area contributed by atoms with Gasteiger partial charge in [-0.25, -0.2) is 0 Å². The Bertz CT molecular complexity index is 950. The van der Waals surface area contributed by atoms with Gasteiger partial charge in [-0.15, -0.1) is 0 Å². The van der Waals surface area contributed by atoms with Crippen molar-refractivity contribution >= 4 is 11.6 Å². The number of carbonyl (C=O) groups is 1. The molecule has 8 nitrogen and oxygen atoms in total. The summed E-state index contributed by atoms with van der Waals surface area (Å²) in [5.74, 6) is 0.336. The molecule has 0 aliphatic heterocycles. The molecule has 0 saturated carbocycles. The minimum absolute atomic E-state index is 0.00892. The second kappa shape index (κ2) is 8.13. The van der Waals surface area contributed by atoms with Gasteiger partial charge in [0.2, 0.25) is 0 Å². The first-order valence-electron chi connectivity index (χ1n) is 8.23. The Morgan fingerprint density at radius 1 is 1.22 bits per heavy atom. The summed E-state index contributed by atoms with van der Waals surface area (Å²) in [6, 6.07) is 13.0. The van der Waals surface area contributed by atoms with E-state index in [9.17, 15) is 14.9 Å². The maximum atomic E-state index is 12.3. The van der Waals surface area contributed by atoms with Crippen molar-refractivity contribution in [2.24, 2.45) is 7.05 Å². The standard InChI is InChI=1S/C19H18N4O4/c1-22-12-15(11-21-22)10-20-19(24)16-4-2-3-14(9-16)13-27-18-7-5-17(6-8-18)23(25)26/h2-9,11-12H,10,13H2,1H3,(H,20,24). The molecular weight excluding hydrogens is 348 g/mol. The average Bonchev–Trinajstić information content (AvgIpc) is 3.10. The SMILES string of the molecule is Cn1cc(CNC(=O)c2cccc(COc3ccc([N+](=O)[O-])cc3)c2)cn1. The molecule has 1 aromatic heterocycles. The van der Waals surface area contributed by atoms with Crippen molar-refractivity contribution in [2.75, 3.05) is 0 Å². The third-order valence-corrected chi connectivity index (χ3v) is 3.85. The number of aryl methyl sites for hydroxylation is 1. The Hall–Kier alpha value is -3.68. The molecule has 0 spiro atoms. The lowest BCUT2D eigenvalue weighted by molar-refractivity contribution is -0.384. The lowest BCUT2D eigenvalue weighted by Crippen LogP contribution is -2.22. The summed E-state index contributed by atoms with van der Waals surface area (Å²) in [5.41, 5.74) is 2.28. The normalized spacial score (nSPS) is 10.4. The molecule has 0 fully saturated rings. The van der Waals surface area contributed by atoms with Crippen LogP contribution in [-0.4, -0.2) is 20.6 Å². The predicted molar refractivity (Wildman–Crippen MR) is 98.2 cm³/mol. The molecule has 2 aromatic carbocycles. The second-order valence-corrected chi connectivity index (χ2v) is 5.94. The van der Waals surface area contributed by atoms with Crippen LogP contribution < -0.4 is 10.1 Å². The van der Waals surface area contributed by atoms with Crippen LogP contribution >= 0.6 is 0 Å². The van der Waals surface area contributed by atoms with Crippen LogP contribution in [0.15, 0.2) is 60.9 Å². The Morgan fingerprint density at radius 3 is 2.67 bits per heavy atom. The van der Waals surface area contributed by atoms with Gasteiger partial charge in [0.25, 0.3) is 11.6 Å². The number of nitrogens with one attached hydrogen (secondary N) is 1. The van der Waals surface area contributed by atoms with Crippen molar-refractivity contribution in [3.8, 4) is 5.75 Å². The molecule has 138 valence electrons. The van der Waals surface area contributed by atoms with Gasteiger partial charge in [-0.2, -0.15) is 5.10 Å². The molecule has 1 amide bonds. The van der Waals surface area contributed by atoms with Gasteiger partial charge in [0.05, 0.1) is 11.1 Å². The Balaban J connectivity index is 1.57. The maximum absolute atomic E-state index is 12.3. The third-order valence-electron chi connectivity index (χ3n) is 3.85. The zero-order chi connectivity index (χ0) is 19.2. The predicted octanol–water partition coefficient (Wildman–Crippen LogP) is 2.84. The van der Waals surface area contributed by atoms with Crippen LogP contribution in [-0.2, 0) is 20.2 Å². The number of nitro groups is 1. The van der Waals surface area contributed by atoms with Gasteiger partial charge < -0.3 is 10.1 Å². The van der Waals surface area contributed by atoms with Gasteiger partial charge in [-0.1, -0.05) is 12.1 Å². The number of ether oxygens (including phenoxy) is 1. The molecule has 0 bridgehead atoms. The number of rotatable bonds is 7. The fraction of sp³-hybridized carbons (Fsp3) is 0.158. The number of amides is 1. The van der Waals surface area contributed by atoms with Crippen molar-refractivity contribution in [1.29, 1.82) is 0 Å². The second-order valence-electron chi connectivity index (χ2n) is 5.94. The molecule has 3 rings (SSSR count). The minimum Gasteiger partial charge on any atom is -0.489 e. The first-order valence-corrected chi connectivity index (χ1v) is 8.23. The van der Waals surface area contributed by atoms with Crippen LogP contribution in [0.25, 0.3) is 0 Å². The van der Waals surface area contributed by atoms with Crippen molar-refractivity contribution < 1.29 is 14.5 Å². The van der Waals surface area contributed by atoms with Crippen molar-refractivity contribution in [2.45, 2.75) is 13.2 Å². The largest absolute Gasteiger partial charge is 0.489 e. The average molecular weight is 366 g/mol. The van der Waals surface area contributed by atoms with Crippen LogP contribution in [0.1, 0.15) is 21.5 Å². The highest BCUT2D eigenvalue weighted by molar-refractivity contribution is 5.94. The van der Waals surface area contributed by atoms with Crippen molar-refractivity contribution in [3.05, 3.63) is 87.7 Å². The smallest absolute Gasteiger partial charge is 0.269 e. The highest BCUT2D eigenvalue weighted by Gasteiger charge is 2.08. The summed E-state index contributed by atoms with van der Waals surface area (Å²) in [6.45, 7) is 0.651. The molecule has 0 aliphatic carbocycles. The summed E-state index contributed by atoms with van der Waals surface area (Å²) in [6.07, 6.45) is 3.55. The highest BCUT2D eigenvalue weighted by Crippen LogP contribution is 2.18. The molecular formula is C19H18N4O4. The summed E-state index contributed by atoms with van der Waals surface area (Å²) in [7, 11) is 1.82. The number of hydrogen-bond acceptors (Lipinski definition) is 5. The number of hydrogen-bond donors (Lipinski definition) is 1. The van der Waals surface area contributed by atoms with Crippen LogP contribution in [0, 0.1) is 10.1 Å². The molecule has 0 aliphatic rings. The Kier molecular flexibility index (Phi) is 5.46. The lowest BCUT2D eigenvalue weighted by atomic mass is 10.1. The van der Waals surface area contributed by atoms with Crippen molar-refractivity contribution in [1.82, 2.24) is 15.1 Å². The van der Waals surface area contributed by atoms with E-state index in [1.54, 1.807) is 41.2 Å². The molecule has 27 heavy (non-hydrogen) atoms. The molecule has 1 heterocycles. The number of benzene rings is 2. The van der Waals surface area contributed by atoms with Crippen LogP contribution in [0.2, 0.25) is 0 Å².